The molecule has 2 heterocycles. The number of likely N-dealkylation sites (N-methyl/N-ethyl adjacent to an activating group) is 1. The van der Waals surface area contributed by atoms with E-state index in [9.17, 15) is 14.4 Å². The van der Waals surface area contributed by atoms with Crippen molar-refractivity contribution in [3.63, 3.8) is 0 Å². The highest BCUT2D eigenvalue weighted by molar-refractivity contribution is 6.03. The Hall–Kier alpha value is -3.81. The zero-order valence-electron chi connectivity index (χ0n) is 19.1. The van der Waals surface area contributed by atoms with Gasteiger partial charge in [-0.15, -0.1) is 0 Å². The molecule has 0 saturated heterocycles. The number of ether oxygens (including phenoxy) is 1. The normalized spacial score (nSPS) is 17.5. The first-order valence-corrected chi connectivity index (χ1v) is 11.0. The largest absolute Gasteiger partial charge is 0.494 e. The Morgan fingerprint density at radius 1 is 1.09 bits per heavy atom. The molecule has 0 fully saturated rings. The fraction of sp³-hybridized carbons (Fsp3) is 0.320. The SMILES string of the molecule is CCOc1ccc(CNC(=O)CNC(=O)C2(C)Cn3c(cc4ccccc43)C(=O)N2C)cc1. The van der Waals surface area contributed by atoms with Crippen molar-refractivity contribution in [3.8, 4) is 5.75 Å². The van der Waals surface area contributed by atoms with Crippen LogP contribution < -0.4 is 15.4 Å². The van der Waals surface area contributed by atoms with Gasteiger partial charge in [0, 0.05) is 24.5 Å². The van der Waals surface area contributed by atoms with Crippen molar-refractivity contribution in [1.29, 1.82) is 0 Å². The maximum atomic E-state index is 13.1. The molecule has 1 aliphatic rings. The van der Waals surface area contributed by atoms with Crippen LogP contribution in [-0.2, 0) is 22.7 Å². The molecule has 1 aromatic heterocycles. The molecule has 1 unspecified atom stereocenters. The molecule has 8 nitrogen and oxygen atoms in total. The van der Waals surface area contributed by atoms with Gasteiger partial charge >= 0.3 is 0 Å². The number of fused-ring (bicyclic) bond motifs is 3. The lowest BCUT2D eigenvalue weighted by Gasteiger charge is -2.41. The van der Waals surface area contributed by atoms with Gasteiger partial charge in [-0.1, -0.05) is 30.3 Å². The Kier molecular flexibility index (Phi) is 6.09. The highest BCUT2D eigenvalue weighted by Crippen LogP contribution is 2.31. The predicted octanol–water partition coefficient (Wildman–Crippen LogP) is 2.32. The van der Waals surface area contributed by atoms with Crippen molar-refractivity contribution in [1.82, 2.24) is 20.1 Å². The quantitative estimate of drug-likeness (QED) is 0.580. The summed E-state index contributed by atoms with van der Waals surface area (Å²) in [6, 6.07) is 17.0. The average Bonchev–Trinajstić information content (AvgIpc) is 3.19. The minimum atomic E-state index is -1.12. The molecule has 4 rings (SSSR count). The number of carbonyl (C=O) groups excluding carboxylic acids is 3. The van der Waals surface area contributed by atoms with E-state index in [1.165, 1.54) is 4.90 Å². The molecular formula is C25H28N4O4. The first-order valence-electron chi connectivity index (χ1n) is 11.0. The van der Waals surface area contributed by atoms with Crippen LogP contribution in [0.3, 0.4) is 0 Å². The number of aromatic nitrogens is 1. The summed E-state index contributed by atoms with van der Waals surface area (Å²) in [6.45, 7) is 4.70. The summed E-state index contributed by atoms with van der Waals surface area (Å²) in [4.78, 5) is 39.9. The van der Waals surface area contributed by atoms with Crippen LogP contribution in [0.5, 0.6) is 5.75 Å². The highest BCUT2D eigenvalue weighted by atomic mass is 16.5. The topological polar surface area (TPSA) is 92.7 Å². The van der Waals surface area contributed by atoms with Gasteiger partial charge in [0.05, 0.1) is 19.7 Å². The van der Waals surface area contributed by atoms with Gasteiger partial charge in [-0.25, -0.2) is 0 Å². The highest BCUT2D eigenvalue weighted by Gasteiger charge is 2.45. The number of nitrogens with zero attached hydrogens (tertiary/aromatic N) is 2. The summed E-state index contributed by atoms with van der Waals surface area (Å²) in [5, 5.41) is 6.45. The van der Waals surface area contributed by atoms with Crippen molar-refractivity contribution in [2.45, 2.75) is 32.5 Å². The number of rotatable bonds is 7. The van der Waals surface area contributed by atoms with Crippen LogP contribution in [0.2, 0.25) is 0 Å². The Bertz CT molecular complexity index is 1200. The number of hydrogen-bond donors (Lipinski definition) is 2. The smallest absolute Gasteiger partial charge is 0.271 e. The van der Waals surface area contributed by atoms with Crippen molar-refractivity contribution < 1.29 is 19.1 Å². The molecule has 0 saturated carbocycles. The van der Waals surface area contributed by atoms with Gasteiger partial charge in [-0.3, -0.25) is 14.4 Å². The summed E-state index contributed by atoms with van der Waals surface area (Å²) >= 11 is 0. The first-order chi connectivity index (χ1) is 15.8. The lowest BCUT2D eigenvalue weighted by molar-refractivity contribution is -0.134. The Morgan fingerprint density at radius 2 is 1.82 bits per heavy atom. The molecule has 1 aliphatic heterocycles. The number of benzene rings is 2. The number of hydrogen-bond acceptors (Lipinski definition) is 4. The predicted molar refractivity (Wildman–Crippen MR) is 125 cm³/mol. The molecule has 0 aliphatic carbocycles. The van der Waals surface area contributed by atoms with Crippen molar-refractivity contribution in [2.24, 2.45) is 0 Å². The summed E-state index contributed by atoms with van der Waals surface area (Å²) in [6.07, 6.45) is 0. The first kappa shape index (κ1) is 22.4. The molecule has 3 aromatic rings. The summed E-state index contributed by atoms with van der Waals surface area (Å²) in [7, 11) is 1.62. The molecule has 2 aromatic carbocycles. The van der Waals surface area contributed by atoms with Crippen LogP contribution >= 0.6 is 0 Å². The molecule has 1 atom stereocenters. The third-order valence-electron chi connectivity index (χ3n) is 6.16. The zero-order valence-corrected chi connectivity index (χ0v) is 19.1. The van der Waals surface area contributed by atoms with Crippen molar-refractivity contribution in [3.05, 3.63) is 65.9 Å². The number of carbonyl (C=O) groups is 3. The zero-order chi connectivity index (χ0) is 23.6. The maximum Gasteiger partial charge on any atom is 0.271 e. The molecule has 172 valence electrons. The maximum absolute atomic E-state index is 13.1. The van der Waals surface area contributed by atoms with Crippen LogP contribution in [0, 0.1) is 0 Å². The van der Waals surface area contributed by atoms with Crippen molar-refractivity contribution in [2.75, 3.05) is 20.2 Å². The average molecular weight is 449 g/mol. The van der Waals surface area contributed by atoms with E-state index in [1.807, 2.05) is 66.1 Å². The molecule has 8 heteroatoms. The van der Waals surface area contributed by atoms with Gasteiger partial charge in [0.1, 0.15) is 17.0 Å². The third-order valence-corrected chi connectivity index (χ3v) is 6.16. The molecule has 3 amide bonds. The second-order valence-electron chi connectivity index (χ2n) is 8.35. The minimum absolute atomic E-state index is 0.174. The Morgan fingerprint density at radius 3 is 2.55 bits per heavy atom. The van der Waals surface area contributed by atoms with Crippen LogP contribution in [0.4, 0.5) is 0 Å². The molecular weight excluding hydrogens is 420 g/mol. The van der Waals surface area contributed by atoms with E-state index in [2.05, 4.69) is 10.6 Å². The van der Waals surface area contributed by atoms with E-state index in [1.54, 1.807) is 14.0 Å². The molecule has 0 radical (unpaired) electrons. The minimum Gasteiger partial charge on any atom is -0.494 e. The van der Waals surface area contributed by atoms with Gasteiger partial charge in [0.25, 0.3) is 5.91 Å². The number of para-hydroxylation sites is 1. The van der Waals surface area contributed by atoms with E-state index in [4.69, 9.17) is 4.74 Å². The van der Waals surface area contributed by atoms with Gasteiger partial charge in [0.15, 0.2) is 0 Å². The second-order valence-corrected chi connectivity index (χ2v) is 8.35. The Labute approximate surface area is 192 Å². The Balaban J connectivity index is 1.38. The monoisotopic (exact) mass is 448 g/mol. The lowest BCUT2D eigenvalue weighted by atomic mass is 9.95. The van der Waals surface area contributed by atoms with Gasteiger partial charge in [0.2, 0.25) is 11.8 Å². The van der Waals surface area contributed by atoms with E-state index in [-0.39, 0.29) is 24.3 Å². The standard InChI is InChI=1S/C25H28N4O4/c1-4-33-19-11-9-17(10-12-19)14-26-22(30)15-27-24(32)25(2)16-29-20-8-6-5-7-18(20)13-21(29)23(31)28(25)3/h5-13H,4,14-16H2,1-3H3,(H,26,30)(H,27,32). The molecule has 0 spiro atoms. The fourth-order valence-corrected chi connectivity index (χ4v) is 4.08. The van der Waals surface area contributed by atoms with Gasteiger partial charge in [-0.2, -0.15) is 0 Å². The van der Waals surface area contributed by atoms with Crippen LogP contribution in [0.15, 0.2) is 54.6 Å². The summed E-state index contributed by atoms with van der Waals surface area (Å²) < 4.78 is 7.29. The van der Waals surface area contributed by atoms with E-state index < -0.39 is 5.54 Å². The summed E-state index contributed by atoms with van der Waals surface area (Å²) in [5.41, 5.74) is 1.26. The third kappa shape index (κ3) is 4.28. The van der Waals surface area contributed by atoms with Gasteiger partial charge < -0.3 is 24.8 Å². The molecule has 0 bridgehead atoms. The number of amides is 3. The van der Waals surface area contributed by atoms with Crippen LogP contribution in [-0.4, -0.2) is 52.9 Å². The lowest BCUT2D eigenvalue weighted by Crippen LogP contribution is -2.63. The van der Waals surface area contributed by atoms with E-state index in [0.29, 0.717) is 25.4 Å². The van der Waals surface area contributed by atoms with E-state index >= 15 is 0 Å². The summed E-state index contributed by atoms with van der Waals surface area (Å²) in [5.74, 6) is -0.136. The van der Waals surface area contributed by atoms with E-state index in [0.717, 1.165) is 22.2 Å². The molecule has 2 N–H and O–H groups in total. The fourth-order valence-electron chi connectivity index (χ4n) is 4.08. The van der Waals surface area contributed by atoms with Crippen LogP contribution in [0.1, 0.15) is 29.9 Å². The van der Waals surface area contributed by atoms with Gasteiger partial charge in [-0.05, 0) is 43.7 Å². The second kappa shape index (κ2) is 8.97. The van der Waals surface area contributed by atoms with Crippen LogP contribution in [0.25, 0.3) is 10.9 Å². The number of nitrogens with one attached hydrogen (secondary N) is 2. The molecule has 33 heavy (non-hydrogen) atoms. The van der Waals surface area contributed by atoms with Crippen molar-refractivity contribution >= 4 is 28.6 Å².